The van der Waals surface area contributed by atoms with Crippen LogP contribution in [0.2, 0.25) is 0 Å². The number of methoxy groups -OCH3 is 1. The third-order valence-electron chi connectivity index (χ3n) is 5.13. The molecule has 6 nitrogen and oxygen atoms in total. The second-order valence-electron chi connectivity index (χ2n) is 6.89. The third kappa shape index (κ3) is 5.04. The molecule has 2 aromatic rings. The lowest BCUT2D eigenvalue weighted by atomic mass is 10.0. The monoisotopic (exact) mass is 380 g/mol. The molecule has 1 saturated heterocycles. The molecule has 3 rings (SSSR count). The van der Waals surface area contributed by atoms with E-state index in [0.717, 1.165) is 43.5 Å². The minimum atomic E-state index is -0.371. The first-order valence-electron chi connectivity index (χ1n) is 9.40. The van der Waals surface area contributed by atoms with Crippen molar-refractivity contribution in [3.8, 4) is 0 Å². The molecule has 6 heteroatoms. The molecule has 1 atom stereocenters. The zero-order valence-electron chi connectivity index (χ0n) is 15.9. The minimum Gasteiger partial charge on any atom is -0.466 e. The summed E-state index contributed by atoms with van der Waals surface area (Å²) in [5.74, 6) is -0.364. The smallest absolute Gasteiger partial charge is 0.330 e. The number of nitro groups is 1. The fourth-order valence-electron chi connectivity index (χ4n) is 3.59. The van der Waals surface area contributed by atoms with Crippen LogP contribution in [0, 0.1) is 10.1 Å². The predicted octanol–water partition coefficient (Wildman–Crippen LogP) is 4.16. The van der Waals surface area contributed by atoms with Gasteiger partial charge in [0.25, 0.3) is 5.69 Å². The van der Waals surface area contributed by atoms with E-state index >= 15 is 0 Å². The fourth-order valence-corrected chi connectivity index (χ4v) is 3.59. The molecule has 0 N–H and O–H groups in total. The molecule has 1 aliphatic rings. The van der Waals surface area contributed by atoms with Crippen molar-refractivity contribution in [3.63, 3.8) is 0 Å². The van der Waals surface area contributed by atoms with Crippen LogP contribution in [0.1, 0.15) is 35.6 Å². The molecule has 0 unspecified atom stereocenters. The molecular weight excluding hydrogens is 356 g/mol. The van der Waals surface area contributed by atoms with Crippen molar-refractivity contribution in [1.82, 2.24) is 4.90 Å². The molecule has 0 radical (unpaired) electrons. The van der Waals surface area contributed by atoms with Crippen LogP contribution in [0.5, 0.6) is 0 Å². The maximum atomic E-state index is 11.2. The number of hydrogen-bond acceptors (Lipinski definition) is 5. The molecule has 1 aliphatic heterocycles. The zero-order valence-corrected chi connectivity index (χ0v) is 15.9. The Bertz CT molecular complexity index is 844. The molecule has 0 aromatic heterocycles. The van der Waals surface area contributed by atoms with Crippen LogP contribution in [-0.4, -0.2) is 36.0 Å². The largest absolute Gasteiger partial charge is 0.466 e. The zero-order chi connectivity index (χ0) is 19.9. The highest BCUT2D eigenvalue weighted by atomic mass is 16.6. The van der Waals surface area contributed by atoms with E-state index in [1.165, 1.54) is 18.7 Å². The normalized spacial score (nSPS) is 17.1. The summed E-state index contributed by atoms with van der Waals surface area (Å²) >= 11 is 0. The maximum absolute atomic E-state index is 11.2. The molecule has 146 valence electrons. The summed E-state index contributed by atoms with van der Waals surface area (Å²) in [5, 5.41) is 10.8. The molecule has 2 aromatic carbocycles. The Labute approximate surface area is 164 Å². The number of ether oxygens (including phenoxy) is 1. The van der Waals surface area contributed by atoms with Crippen LogP contribution in [0.25, 0.3) is 6.08 Å². The highest BCUT2D eigenvalue weighted by molar-refractivity contribution is 5.86. The van der Waals surface area contributed by atoms with Crippen LogP contribution < -0.4 is 0 Å². The van der Waals surface area contributed by atoms with Gasteiger partial charge in [-0.15, -0.1) is 0 Å². The van der Waals surface area contributed by atoms with Gasteiger partial charge in [0.2, 0.25) is 0 Å². The van der Waals surface area contributed by atoms with Crippen LogP contribution in [0.4, 0.5) is 5.69 Å². The van der Waals surface area contributed by atoms with Crippen molar-refractivity contribution in [2.24, 2.45) is 0 Å². The third-order valence-corrected chi connectivity index (χ3v) is 5.13. The summed E-state index contributed by atoms with van der Waals surface area (Å²) in [6.45, 7) is 1.98. The number of non-ortho nitro benzene ring substituents is 1. The number of hydrogen-bond donors (Lipinski definition) is 0. The van der Waals surface area contributed by atoms with Crippen LogP contribution in [-0.2, 0) is 16.0 Å². The molecule has 0 bridgehead atoms. The Morgan fingerprint density at radius 3 is 2.57 bits per heavy atom. The summed E-state index contributed by atoms with van der Waals surface area (Å²) in [7, 11) is 1.36. The first-order valence-corrected chi connectivity index (χ1v) is 9.40. The fraction of sp³-hybridized carbons (Fsp3) is 0.318. The Morgan fingerprint density at radius 1 is 1.21 bits per heavy atom. The van der Waals surface area contributed by atoms with E-state index in [-0.39, 0.29) is 16.6 Å². The first kappa shape index (κ1) is 19.8. The highest BCUT2D eigenvalue weighted by Gasteiger charge is 2.25. The van der Waals surface area contributed by atoms with E-state index in [1.807, 2.05) is 24.3 Å². The predicted molar refractivity (Wildman–Crippen MR) is 108 cm³/mol. The van der Waals surface area contributed by atoms with Crippen LogP contribution in [0.15, 0.2) is 54.6 Å². The van der Waals surface area contributed by atoms with Crippen molar-refractivity contribution >= 4 is 17.7 Å². The van der Waals surface area contributed by atoms with E-state index in [2.05, 4.69) is 21.8 Å². The number of likely N-dealkylation sites (tertiary alicyclic amines) is 1. The van der Waals surface area contributed by atoms with Crippen molar-refractivity contribution < 1.29 is 14.5 Å². The number of carbonyl (C=O) groups excluding carboxylic acids is 1. The van der Waals surface area contributed by atoms with E-state index in [9.17, 15) is 14.9 Å². The quantitative estimate of drug-likeness (QED) is 0.312. The first-order chi connectivity index (χ1) is 13.6. The molecule has 0 spiro atoms. The van der Waals surface area contributed by atoms with Gasteiger partial charge < -0.3 is 4.74 Å². The Hall–Kier alpha value is -2.99. The Balaban J connectivity index is 1.60. The molecule has 0 amide bonds. The average Bonchev–Trinajstić information content (AvgIpc) is 3.19. The van der Waals surface area contributed by atoms with Gasteiger partial charge in [0, 0.05) is 30.8 Å². The van der Waals surface area contributed by atoms with Gasteiger partial charge in [-0.2, -0.15) is 0 Å². The summed E-state index contributed by atoms with van der Waals surface area (Å²) in [6.07, 6.45) is 6.32. The van der Waals surface area contributed by atoms with Gasteiger partial charge in [0.05, 0.1) is 12.0 Å². The van der Waals surface area contributed by atoms with Gasteiger partial charge in [-0.05, 0) is 48.6 Å². The lowest BCUT2D eigenvalue weighted by Gasteiger charge is -2.25. The molecule has 1 heterocycles. The topological polar surface area (TPSA) is 72.7 Å². The van der Waals surface area contributed by atoms with Crippen LogP contribution >= 0.6 is 0 Å². The van der Waals surface area contributed by atoms with Crippen molar-refractivity contribution in [1.29, 1.82) is 0 Å². The number of benzene rings is 2. The summed E-state index contributed by atoms with van der Waals surface area (Å²) < 4.78 is 4.61. The van der Waals surface area contributed by atoms with Gasteiger partial charge in [-0.3, -0.25) is 15.0 Å². The second-order valence-corrected chi connectivity index (χ2v) is 6.89. The Kier molecular flexibility index (Phi) is 6.55. The van der Waals surface area contributed by atoms with E-state index in [1.54, 1.807) is 18.2 Å². The molecular formula is C22H24N2O4. The number of esters is 1. The lowest BCUT2D eigenvalue weighted by molar-refractivity contribution is -0.384. The number of nitrogens with zero attached hydrogens (tertiary/aromatic N) is 2. The summed E-state index contributed by atoms with van der Waals surface area (Å²) in [6, 6.07) is 15.5. The van der Waals surface area contributed by atoms with E-state index in [4.69, 9.17) is 0 Å². The van der Waals surface area contributed by atoms with Gasteiger partial charge >= 0.3 is 5.97 Å². The van der Waals surface area contributed by atoms with Gasteiger partial charge in [-0.25, -0.2) is 4.79 Å². The number of nitro benzene ring substituents is 1. The number of carbonyl (C=O) groups is 1. The van der Waals surface area contributed by atoms with Crippen LogP contribution in [0.3, 0.4) is 0 Å². The van der Waals surface area contributed by atoms with E-state index in [0.29, 0.717) is 6.04 Å². The van der Waals surface area contributed by atoms with Gasteiger partial charge in [0.1, 0.15) is 0 Å². The van der Waals surface area contributed by atoms with Gasteiger partial charge in [0.15, 0.2) is 0 Å². The summed E-state index contributed by atoms with van der Waals surface area (Å²) in [4.78, 5) is 24.1. The molecule has 0 saturated carbocycles. The minimum absolute atomic E-state index is 0.129. The number of rotatable bonds is 7. The Morgan fingerprint density at radius 2 is 1.93 bits per heavy atom. The second kappa shape index (κ2) is 9.28. The van der Waals surface area contributed by atoms with Crippen molar-refractivity contribution in [2.45, 2.75) is 25.3 Å². The highest BCUT2D eigenvalue weighted by Crippen LogP contribution is 2.32. The SMILES string of the molecule is COC(=O)C=Cc1ccc([C@@H]2CCCN2CCc2ccc([N+](=O)[O-])cc2)cc1. The van der Waals surface area contributed by atoms with Crippen molar-refractivity contribution in [2.75, 3.05) is 20.2 Å². The van der Waals surface area contributed by atoms with Crippen molar-refractivity contribution in [3.05, 3.63) is 81.4 Å². The molecule has 0 aliphatic carbocycles. The summed E-state index contributed by atoms with van der Waals surface area (Å²) in [5.41, 5.74) is 3.48. The van der Waals surface area contributed by atoms with E-state index < -0.39 is 0 Å². The average molecular weight is 380 g/mol. The van der Waals surface area contributed by atoms with Gasteiger partial charge in [-0.1, -0.05) is 36.4 Å². The molecule has 28 heavy (non-hydrogen) atoms. The maximum Gasteiger partial charge on any atom is 0.330 e. The lowest BCUT2D eigenvalue weighted by Crippen LogP contribution is -2.25. The molecule has 1 fully saturated rings. The standard InChI is InChI=1S/C22H24N2O4/c1-28-22(25)13-8-17-4-9-19(10-5-17)21-3-2-15-23(21)16-14-18-6-11-20(12-7-18)24(26)27/h4-13,21H,2-3,14-16H2,1H3/t21-/m0/s1.